The van der Waals surface area contributed by atoms with Gasteiger partial charge in [0.1, 0.15) is 0 Å². The van der Waals surface area contributed by atoms with Crippen LogP contribution in [-0.2, 0) is 4.74 Å². The smallest absolute Gasteiger partial charge is 0.0606 e. The van der Waals surface area contributed by atoms with E-state index in [1.807, 2.05) is 0 Å². The number of allylic oxidation sites excluding steroid dienone is 2. The zero-order valence-corrected chi connectivity index (χ0v) is 13.6. The first-order valence-corrected chi connectivity index (χ1v) is 8.89. The molecule has 0 amide bonds. The summed E-state index contributed by atoms with van der Waals surface area (Å²) in [6, 6.07) is 0. The Labute approximate surface area is 125 Å². The molecule has 0 radical (unpaired) electrons. The maximum absolute atomic E-state index is 6.24. The normalized spacial score (nSPS) is 44.4. The lowest BCUT2D eigenvalue weighted by Gasteiger charge is -2.37. The quantitative estimate of drug-likeness (QED) is 0.478. The Morgan fingerprint density at radius 3 is 2.75 bits per heavy atom. The largest absolute Gasteiger partial charge is 0.378 e. The van der Waals surface area contributed by atoms with Gasteiger partial charge in [-0.1, -0.05) is 45.3 Å². The Hall–Kier alpha value is -0.300. The summed E-state index contributed by atoms with van der Waals surface area (Å²) < 4.78 is 6.24. The van der Waals surface area contributed by atoms with Crippen molar-refractivity contribution in [1.82, 2.24) is 0 Å². The van der Waals surface area contributed by atoms with E-state index in [0.29, 0.717) is 11.5 Å². The summed E-state index contributed by atoms with van der Waals surface area (Å²) in [6.07, 6.45) is 15.0. The fraction of sp³-hybridized carbons (Fsp3) is 0.895. The molecular formula is C19H32O. The van der Waals surface area contributed by atoms with Crippen LogP contribution in [0, 0.1) is 29.1 Å². The lowest BCUT2D eigenvalue weighted by molar-refractivity contribution is -0.0364. The molecule has 1 nitrogen and oxygen atoms in total. The number of hydrogen-bond donors (Lipinski definition) is 0. The molecule has 0 aliphatic heterocycles. The lowest BCUT2D eigenvalue weighted by Crippen LogP contribution is -2.36. The zero-order valence-electron chi connectivity index (χ0n) is 13.6. The Morgan fingerprint density at radius 2 is 2.15 bits per heavy atom. The monoisotopic (exact) mass is 276 g/mol. The molecule has 0 spiro atoms. The molecular weight excluding hydrogens is 244 g/mol. The predicted molar refractivity (Wildman–Crippen MR) is 84.6 cm³/mol. The van der Waals surface area contributed by atoms with E-state index in [-0.39, 0.29) is 0 Å². The second-order valence-corrected chi connectivity index (χ2v) is 8.02. The molecule has 2 saturated carbocycles. The van der Waals surface area contributed by atoms with Gasteiger partial charge in [0.15, 0.2) is 0 Å². The van der Waals surface area contributed by atoms with Crippen LogP contribution in [0.2, 0.25) is 0 Å². The highest BCUT2D eigenvalue weighted by Crippen LogP contribution is 2.54. The molecule has 2 bridgehead atoms. The molecule has 3 aliphatic rings. The summed E-state index contributed by atoms with van der Waals surface area (Å²) in [5.41, 5.74) is 0.403. The van der Waals surface area contributed by atoms with Crippen LogP contribution in [0.3, 0.4) is 0 Å². The molecule has 3 aliphatic carbocycles. The molecule has 0 saturated heterocycles. The van der Waals surface area contributed by atoms with Crippen molar-refractivity contribution in [3.63, 3.8) is 0 Å². The van der Waals surface area contributed by atoms with E-state index < -0.39 is 0 Å². The molecule has 0 N–H and O–H groups in total. The molecule has 114 valence electrons. The number of fused-ring (bicyclic) bond motifs is 2. The van der Waals surface area contributed by atoms with Gasteiger partial charge in [-0.2, -0.15) is 0 Å². The van der Waals surface area contributed by atoms with Crippen molar-refractivity contribution >= 4 is 0 Å². The maximum atomic E-state index is 6.24. The Kier molecular flexibility index (Phi) is 4.26. The summed E-state index contributed by atoms with van der Waals surface area (Å²) in [7, 11) is 0. The SMILES string of the molecule is CC1CCCC1CCCOC(C)C1(C)CC2C=CC1C2. The molecule has 0 aromatic rings. The standard InChI is InChI=1S/C19H32O/c1-14-6-4-7-17(14)8-5-11-20-15(2)19(3)13-16-9-10-18(19)12-16/h9-10,14-18H,4-8,11-13H2,1-3H3. The Bertz CT molecular complexity index is 361. The van der Waals surface area contributed by atoms with Crippen molar-refractivity contribution in [1.29, 1.82) is 0 Å². The van der Waals surface area contributed by atoms with Crippen LogP contribution in [0.15, 0.2) is 12.2 Å². The minimum atomic E-state index is 0.403. The van der Waals surface area contributed by atoms with Gasteiger partial charge >= 0.3 is 0 Å². The highest BCUT2D eigenvalue weighted by molar-refractivity contribution is 5.15. The van der Waals surface area contributed by atoms with Gasteiger partial charge in [0.25, 0.3) is 0 Å². The van der Waals surface area contributed by atoms with Crippen LogP contribution in [0.5, 0.6) is 0 Å². The summed E-state index contributed by atoms with van der Waals surface area (Å²) in [6.45, 7) is 8.17. The Balaban J connectivity index is 1.39. The van der Waals surface area contributed by atoms with E-state index >= 15 is 0 Å². The highest BCUT2D eigenvalue weighted by Gasteiger charge is 2.48. The van der Waals surface area contributed by atoms with Gasteiger partial charge < -0.3 is 4.74 Å². The maximum Gasteiger partial charge on any atom is 0.0606 e. The number of ether oxygens (including phenoxy) is 1. The van der Waals surface area contributed by atoms with Gasteiger partial charge in [-0.05, 0) is 56.3 Å². The van der Waals surface area contributed by atoms with Crippen LogP contribution in [-0.4, -0.2) is 12.7 Å². The van der Waals surface area contributed by atoms with Gasteiger partial charge in [0, 0.05) is 12.0 Å². The third kappa shape index (κ3) is 2.71. The van der Waals surface area contributed by atoms with Gasteiger partial charge in [0.05, 0.1) is 6.10 Å². The van der Waals surface area contributed by atoms with Crippen molar-refractivity contribution in [3.05, 3.63) is 12.2 Å². The van der Waals surface area contributed by atoms with Gasteiger partial charge in [0.2, 0.25) is 0 Å². The van der Waals surface area contributed by atoms with Crippen LogP contribution in [0.1, 0.15) is 65.7 Å². The first kappa shape index (κ1) is 14.6. The van der Waals surface area contributed by atoms with Gasteiger partial charge in [-0.15, -0.1) is 0 Å². The van der Waals surface area contributed by atoms with Crippen LogP contribution in [0.25, 0.3) is 0 Å². The van der Waals surface area contributed by atoms with Crippen molar-refractivity contribution in [3.8, 4) is 0 Å². The van der Waals surface area contributed by atoms with Crippen molar-refractivity contribution in [2.45, 2.75) is 71.8 Å². The van der Waals surface area contributed by atoms with Gasteiger partial charge in [-0.25, -0.2) is 0 Å². The average Bonchev–Trinajstić information content (AvgIpc) is 3.11. The topological polar surface area (TPSA) is 9.23 Å². The third-order valence-electron chi connectivity index (χ3n) is 6.78. The fourth-order valence-corrected chi connectivity index (χ4v) is 5.05. The predicted octanol–water partition coefficient (Wildman–Crippen LogP) is 5.21. The van der Waals surface area contributed by atoms with E-state index in [2.05, 4.69) is 32.9 Å². The second kappa shape index (κ2) is 5.83. The van der Waals surface area contributed by atoms with Crippen LogP contribution in [0.4, 0.5) is 0 Å². The average molecular weight is 276 g/mol. The van der Waals surface area contributed by atoms with Gasteiger partial charge in [-0.3, -0.25) is 0 Å². The Morgan fingerprint density at radius 1 is 1.30 bits per heavy atom. The molecule has 6 unspecified atom stereocenters. The molecule has 20 heavy (non-hydrogen) atoms. The molecule has 2 fully saturated rings. The number of hydrogen-bond acceptors (Lipinski definition) is 1. The summed E-state index contributed by atoms with van der Waals surface area (Å²) in [5.74, 6) is 3.56. The van der Waals surface area contributed by atoms with E-state index in [4.69, 9.17) is 4.74 Å². The minimum Gasteiger partial charge on any atom is -0.378 e. The van der Waals surface area contributed by atoms with E-state index in [1.165, 1.54) is 44.9 Å². The van der Waals surface area contributed by atoms with Crippen molar-refractivity contribution < 1.29 is 4.74 Å². The molecule has 0 heterocycles. The van der Waals surface area contributed by atoms with Crippen molar-refractivity contribution in [2.75, 3.05) is 6.61 Å². The highest BCUT2D eigenvalue weighted by atomic mass is 16.5. The molecule has 3 rings (SSSR count). The first-order chi connectivity index (χ1) is 9.59. The summed E-state index contributed by atoms with van der Waals surface area (Å²) in [4.78, 5) is 0. The zero-order chi connectivity index (χ0) is 14.2. The van der Waals surface area contributed by atoms with E-state index in [1.54, 1.807) is 0 Å². The van der Waals surface area contributed by atoms with Crippen LogP contribution >= 0.6 is 0 Å². The third-order valence-corrected chi connectivity index (χ3v) is 6.78. The molecule has 6 atom stereocenters. The van der Waals surface area contributed by atoms with E-state index in [9.17, 15) is 0 Å². The lowest BCUT2D eigenvalue weighted by atomic mass is 9.73. The summed E-state index contributed by atoms with van der Waals surface area (Å²) >= 11 is 0. The molecule has 1 heteroatoms. The number of rotatable bonds is 6. The van der Waals surface area contributed by atoms with Crippen molar-refractivity contribution in [2.24, 2.45) is 29.1 Å². The first-order valence-electron chi connectivity index (χ1n) is 8.89. The summed E-state index contributed by atoms with van der Waals surface area (Å²) in [5, 5.41) is 0. The molecule has 0 aromatic carbocycles. The van der Waals surface area contributed by atoms with E-state index in [0.717, 1.165) is 30.3 Å². The fourth-order valence-electron chi connectivity index (χ4n) is 5.05. The molecule has 0 aromatic heterocycles. The van der Waals surface area contributed by atoms with Crippen LogP contribution < -0.4 is 0 Å². The minimum absolute atomic E-state index is 0.403. The second-order valence-electron chi connectivity index (χ2n) is 8.02.